The number of pyridine rings is 1. The predicted octanol–water partition coefficient (Wildman–Crippen LogP) is 4.12. The highest BCUT2D eigenvalue weighted by Crippen LogP contribution is 2.37. The van der Waals surface area contributed by atoms with Crippen molar-refractivity contribution >= 4 is 16.6 Å². The third-order valence-corrected chi connectivity index (χ3v) is 7.13. The fraction of sp³-hybridized carbons (Fsp3) is 0.241. The van der Waals surface area contributed by atoms with Crippen molar-refractivity contribution in [1.29, 1.82) is 0 Å². The molecule has 0 amide bonds. The lowest BCUT2D eigenvalue weighted by Crippen LogP contribution is -2.38. The van der Waals surface area contributed by atoms with Gasteiger partial charge in [-0.25, -0.2) is 4.68 Å². The maximum absolute atomic E-state index is 13.6. The molecule has 0 spiro atoms. The first-order valence-corrected chi connectivity index (χ1v) is 12.6. The molecule has 192 valence electrons. The van der Waals surface area contributed by atoms with Crippen LogP contribution < -0.4 is 19.9 Å². The standard InChI is InChI=1S/C29H28N6O3/c1-37-22-11-9-19(10-12-22)18-35-28(31-32-33-35)27(34-15-5-7-20-6-3-4-8-26(20)34)24-17-21-16-23(38-2)13-14-25(21)30-29(24)36/h3-4,6,8-14,16-17,27H,5,7,15,18H2,1-2H3,(H,30,36). The van der Waals surface area contributed by atoms with Crippen LogP contribution in [0.2, 0.25) is 0 Å². The van der Waals surface area contributed by atoms with Crippen LogP contribution in [0, 0.1) is 0 Å². The third-order valence-electron chi connectivity index (χ3n) is 7.13. The smallest absolute Gasteiger partial charge is 0.254 e. The van der Waals surface area contributed by atoms with E-state index in [2.05, 4.69) is 43.6 Å². The molecule has 1 unspecified atom stereocenters. The van der Waals surface area contributed by atoms with Gasteiger partial charge in [0.1, 0.15) is 17.5 Å². The maximum atomic E-state index is 13.6. The summed E-state index contributed by atoms with van der Waals surface area (Å²) >= 11 is 0. The number of aryl methyl sites for hydroxylation is 1. The predicted molar refractivity (Wildman–Crippen MR) is 145 cm³/mol. The average Bonchev–Trinajstić information content (AvgIpc) is 3.41. The number of anilines is 1. The Balaban J connectivity index is 1.51. The van der Waals surface area contributed by atoms with Gasteiger partial charge in [-0.05, 0) is 76.9 Å². The molecule has 1 N–H and O–H groups in total. The number of fused-ring (bicyclic) bond motifs is 2. The summed E-state index contributed by atoms with van der Waals surface area (Å²) in [6.07, 6.45) is 1.95. The molecule has 38 heavy (non-hydrogen) atoms. The minimum atomic E-state index is -0.496. The summed E-state index contributed by atoms with van der Waals surface area (Å²) in [5.74, 6) is 2.11. The highest BCUT2D eigenvalue weighted by atomic mass is 16.5. The zero-order valence-electron chi connectivity index (χ0n) is 21.3. The summed E-state index contributed by atoms with van der Waals surface area (Å²) in [6.45, 7) is 1.23. The summed E-state index contributed by atoms with van der Waals surface area (Å²) in [6, 6.07) is 23.2. The number of nitrogens with zero attached hydrogens (tertiary/aromatic N) is 5. The molecule has 0 aliphatic carbocycles. The van der Waals surface area contributed by atoms with E-state index in [1.54, 1.807) is 18.9 Å². The molecule has 5 aromatic rings. The van der Waals surface area contributed by atoms with Crippen molar-refractivity contribution in [1.82, 2.24) is 25.2 Å². The Morgan fingerprint density at radius 2 is 1.76 bits per heavy atom. The molecule has 0 fully saturated rings. The Morgan fingerprint density at radius 3 is 2.58 bits per heavy atom. The SMILES string of the molecule is COc1ccc(Cn2nnnc2C(c2cc3cc(OC)ccc3[nH]c2=O)N2CCCc3ccccc32)cc1. The molecule has 9 heteroatoms. The van der Waals surface area contributed by atoms with Gasteiger partial charge >= 0.3 is 0 Å². The normalized spacial score (nSPS) is 13.8. The van der Waals surface area contributed by atoms with Crippen LogP contribution in [-0.2, 0) is 13.0 Å². The van der Waals surface area contributed by atoms with Gasteiger partial charge in [0.05, 0.1) is 20.8 Å². The molecule has 0 saturated heterocycles. The Bertz CT molecular complexity index is 1640. The van der Waals surface area contributed by atoms with Crippen LogP contribution in [0.25, 0.3) is 10.9 Å². The molecule has 1 aliphatic rings. The van der Waals surface area contributed by atoms with E-state index in [-0.39, 0.29) is 5.56 Å². The molecule has 3 aromatic carbocycles. The second-order valence-corrected chi connectivity index (χ2v) is 9.38. The van der Waals surface area contributed by atoms with E-state index in [1.807, 2.05) is 54.6 Å². The molecule has 6 rings (SSSR count). The second kappa shape index (κ2) is 10.0. The summed E-state index contributed by atoms with van der Waals surface area (Å²) in [7, 11) is 3.28. The van der Waals surface area contributed by atoms with Gasteiger partial charge in [-0.1, -0.05) is 30.3 Å². The Morgan fingerprint density at radius 1 is 0.974 bits per heavy atom. The van der Waals surface area contributed by atoms with Crippen molar-refractivity contribution in [2.24, 2.45) is 0 Å². The first-order valence-electron chi connectivity index (χ1n) is 12.6. The Kier molecular flexibility index (Phi) is 6.25. The van der Waals surface area contributed by atoms with Crippen molar-refractivity contribution < 1.29 is 9.47 Å². The highest BCUT2D eigenvalue weighted by molar-refractivity contribution is 5.81. The van der Waals surface area contributed by atoms with Gasteiger partial charge in [-0.3, -0.25) is 4.79 Å². The molecule has 2 aromatic heterocycles. The van der Waals surface area contributed by atoms with Gasteiger partial charge in [0.25, 0.3) is 5.56 Å². The Hall–Kier alpha value is -4.66. The summed E-state index contributed by atoms with van der Waals surface area (Å²) < 4.78 is 12.5. The van der Waals surface area contributed by atoms with Gasteiger partial charge in [0.15, 0.2) is 5.82 Å². The van der Waals surface area contributed by atoms with Crippen LogP contribution in [0.15, 0.2) is 77.6 Å². The first kappa shape index (κ1) is 23.7. The number of H-pyrrole nitrogens is 1. The van der Waals surface area contributed by atoms with Crippen LogP contribution in [0.5, 0.6) is 11.5 Å². The first-order chi connectivity index (χ1) is 18.6. The summed E-state index contributed by atoms with van der Waals surface area (Å²) in [5.41, 5.74) is 4.51. The van der Waals surface area contributed by atoms with E-state index in [4.69, 9.17) is 9.47 Å². The number of ether oxygens (including phenoxy) is 2. The lowest BCUT2D eigenvalue weighted by molar-refractivity contribution is 0.414. The van der Waals surface area contributed by atoms with Gasteiger partial charge in [0, 0.05) is 28.7 Å². The fourth-order valence-electron chi connectivity index (χ4n) is 5.23. The number of aromatic amines is 1. The number of hydrogen-bond acceptors (Lipinski definition) is 7. The highest BCUT2D eigenvalue weighted by Gasteiger charge is 2.33. The monoisotopic (exact) mass is 508 g/mol. The molecular formula is C29H28N6O3. The minimum Gasteiger partial charge on any atom is -0.497 e. The number of rotatable bonds is 7. The van der Waals surface area contributed by atoms with E-state index in [9.17, 15) is 4.79 Å². The minimum absolute atomic E-state index is 0.172. The topological polar surface area (TPSA) is 98.2 Å². The zero-order chi connectivity index (χ0) is 26.1. The quantitative estimate of drug-likeness (QED) is 0.353. The molecule has 0 bridgehead atoms. The summed E-state index contributed by atoms with van der Waals surface area (Å²) in [5, 5.41) is 13.7. The van der Waals surface area contributed by atoms with Crippen molar-refractivity contribution in [2.45, 2.75) is 25.4 Å². The van der Waals surface area contributed by atoms with E-state index in [1.165, 1.54) is 5.56 Å². The van der Waals surface area contributed by atoms with Gasteiger partial charge in [-0.15, -0.1) is 5.10 Å². The van der Waals surface area contributed by atoms with Crippen LogP contribution >= 0.6 is 0 Å². The maximum Gasteiger partial charge on any atom is 0.254 e. The zero-order valence-corrected chi connectivity index (χ0v) is 21.3. The number of methoxy groups -OCH3 is 2. The average molecular weight is 509 g/mol. The van der Waals surface area contributed by atoms with E-state index < -0.39 is 6.04 Å². The van der Waals surface area contributed by atoms with Crippen LogP contribution in [0.1, 0.15) is 35.0 Å². The van der Waals surface area contributed by atoms with Crippen LogP contribution in [0.3, 0.4) is 0 Å². The third kappa shape index (κ3) is 4.36. The van der Waals surface area contributed by atoms with Crippen LogP contribution in [-0.4, -0.2) is 46.0 Å². The number of benzene rings is 3. The van der Waals surface area contributed by atoms with Gasteiger partial charge in [-0.2, -0.15) is 0 Å². The van der Waals surface area contributed by atoms with E-state index >= 15 is 0 Å². The van der Waals surface area contributed by atoms with Crippen molar-refractivity contribution in [3.8, 4) is 11.5 Å². The molecule has 0 saturated carbocycles. The molecule has 1 aliphatic heterocycles. The van der Waals surface area contributed by atoms with E-state index in [0.29, 0.717) is 17.9 Å². The Labute approximate surface area is 219 Å². The number of para-hydroxylation sites is 1. The fourth-order valence-corrected chi connectivity index (χ4v) is 5.23. The largest absolute Gasteiger partial charge is 0.497 e. The number of hydrogen-bond donors (Lipinski definition) is 1. The van der Waals surface area contributed by atoms with Gasteiger partial charge in [0.2, 0.25) is 0 Å². The lowest BCUT2D eigenvalue weighted by Gasteiger charge is -2.37. The molecule has 1 atom stereocenters. The number of nitrogens with one attached hydrogen (secondary N) is 1. The molecular weight excluding hydrogens is 480 g/mol. The number of aromatic nitrogens is 5. The second-order valence-electron chi connectivity index (χ2n) is 9.38. The van der Waals surface area contributed by atoms with Crippen molar-refractivity contribution in [3.63, 3.8) is 0 Å². The van der Waals surface area contributed by atoms with Crippen LogP contribution in [0.4, 0.5) is 5.69 Å². The van der Waals surface area contributed by atoms with E-state index in [0.717, 1.165) is 53.0 Å². The van der Waals surface area contributed by atoms with Crippen molar-refractivity contribution in [3.05, 3.63) is 106 Å². The molecule has 3 heterocycles. The van der Waals surface area contributed by atoms with Crippen molar-refractivity contribution in [2.75, 3.05) is 25.7 Å². The lowest BCUT2D eigenvalue weighted by atomic mass is 9.96. The molecule has 9 nitrogen and oxygen atoms in total. The van der Waals surface area contributed by atoms with Gasteiger partial charge < -0.3 is 19.4 Å². The summed E-state index contributed by atoms with van der Waals surface area (Å²) in [4.78, 5) is 18.9. The number of tetrazole rings is 1. The molecule has 0 radical (unpaired) electrons.